The average Bonchev–Trinajstić information content (AvgIpc) is 2.44. The maximum atomic E-state index is 12.3. The van der Waals surface area contributed by atoms with Gasteiger partial charge in [0.1, 0.15) is 5.82 Å². The van der Waals surface area contributed by atoms with Crippen LogP contribution in [0.25, 0.3) is 0 Å². The first-order chi connectivity index (χ1) is 9.40. The van der Waals surface area contributed by atoms with E-state index >= 15 is 0 Å². The number of sulfonamides is 1. The van der Waals surface area contributed by atoms with Gasteiger partial charge in [0.05, 0.1) is 4.90 Å². The fourth-order valence-electron chi connectivity index (χ4n) is 1.71. The van der Waals surface area contributed by atoms with E-state index in [4.69, 9.17) is 0 Å². The van der Waals surface area contributed by atoms with E-state index in [1.807, 2.05) is 20.8 Å². The van der Waals surface area contributed by atoms with E-state index in [9.17, 15) is 8.42 Å². The van der Waals surface area contributed by atoms with E-state index in [1.54, 1.807) is 6.07 Å². The maximum absolute atomic E-state index is 12.3. The molecule has 0 bridgehead atoms. The molecule has 2 atom stereocenters. The Kier molecular flexibility index (Phi) is 6.42. The third-order valence-electron chi connectivity index (χ3n) is 3.44. The molecule has 0 aliphatic carbocycles. The number of anilines is 1. The number of nitrogens with one attached hydrogen (secondary N) is 2. The first-order valence-corrected chi connectivity index (χ1v) is 8.61. The zero-order chi connectivity index (χ0) is 15.2. The van der Waals surface area contributed by atoms with Crippen LogP contribution in [0.5, 0.6) is 0 Å². The fraction of sp³-hybridized carbons (Fsp3) is 0.643. The highest BCUT2D eigenvalue weighted by Crippen LogP contribution is 2.15. The van der Waals surface area contributed by atoms with Crippen LogP contribution in [0.3, 0.4) is 0 Å². The van der Waals surface area contributed by atoms with Crippen LogP contribution in [-0.4, -0.2) is 26.0 Å². The van der Waals surface area contributed by atoms with Crippen molar-refractivity contribution >= 4 is 15.8 Å². The third-order valence-corrected chi connectivity index (χ3v) is 4.99. The first-order valence-electron chi connectivity index (χ1n) is 7.13. The number of hydrogen-bond donors (Lipinski definition) is 2. The van der Waals surface area contributed by atoms with E-state index < -0.39 is 10.0 Å². The van der Waals surface area contributed by atoms with Gasteiger partial charge in [-0.2, -0.15) is 0 Å². The molecule has 2 unspecified atom stereocenters. The minimum Gasteiger partial charge on any atom is -0.370 e. The SMILES string of the molecule is CCCNc1cc(S(=O)(=O)NC(C)C(C)CC)ccn1. The summed E-state index contributed by atoms with van der Waals surface area (Å²) in [5.41, 5.74) is 0. The molecule has 6 heteroatoms. The lowest BCUT2D eigenvalue weighted by Gasteiger charge is -2.20. The molecule has 0 radical (unpaired) electrons. The summed E-state index contributed by atoms with van der Waals surface area (Å²) in [6.07, 6.45) is 3.41. The van der Waals surface area contributed by atoms with Gasteiger partial charge in [0.2, 0.25) is 10.0 Å². The van der Waals surface area contributed by atoms with Crippen molar-refractivity contribution in [1.82, 2.24) is 9.71 Å². The highest BCUT2D eigenvalue weighted by atomic mass is 32.2. The number of nitrogens with zero attached hydrogens (tertiary/aromatic N) is 1. The molecule has 20 heavy (non-hydrogen) atoms. The monoisotopic (exact) mass is 299 g/mol. The Morgan fingerprint density at radius 1 is 1.30 bits per heavy atom. The average molecular weight is 299 g/mol. The molecular weight excluding hydrogens is 274 g/mol. The normalized spacial score (nSPS) is 14.8. The van der Waals surface area contributed by atoms with Crippen LogP contribution >= 0.6 is 0 Å². The first kappa shape index (κ1) is 16.9. The molecule has 0 saturated carbocycles. The van der Waals surface area contributed by atoms with Crippen LogP contribution in [0.2, 0.25) is 0 Å². The molecule has 0 spiro atoms. The van der Waals surface area contributed by atoms with Gasteiger partial charge in [-0.1, -0.05) is 27.2 Å². The fourth-order valence-corrected chi connectivity index (χ4v) is 3.08. The van der Waals surface area contributed by atoms with E-state index in [2.05, 4.69) is 21.9 Å². The van der Waals surface area contributed by atoms with Gasteiger partial charge < -0.3 is 5.32 Å². The van der Waals surface area contributed by atoms with Gasteiger partial charge in [-0.25, -0.2) is 18.1 Å². The highest BCUT2D eigenvalue weighted by molar-refractivity contribution is 7.89. The van der Waals surface area contributed by atoms with Gasteiger partial charge in [0.15, 0.2) is 0 Å². The molecule has 1 rings (SSSR count). The quantitative estimate of drug-likeness (QED) is 0.774. The second kappa shape index (κ2) is 7.59. The van der Waals surface area contributed by atoms with Gasteiger partial charge in [0, 0.05) is 24.8 Å². The van der Waals surface area contributed by atoms with Gasteiger partial charge in [-0.15, -0.1) is 0 Å². The molecule has 1 heterocycles. The lowest BCUT2D eigenvalue weighted by atomic mass is 10.0. The number of rotatable bonds is 8. The number of hydrogen-bond acceptors (Lipinski definition) is 4. The predicted octanol–water partition coefficient (Wildman–Crippen LogP) is 2.62. The Labute approximate surface area is 122 Å². The van der Waals surface area contributed by atoms with Crippen LogP contribution < -0.4 is 10.0 Å². The molecule has 0 fully saturated rings. The summed E-state index contributed by atoms with van der Waals surface area (Å²) < 4.78 is 27.4. The van der Waals surface area contributed by atoms with Crippen LogP contribution in [-0.2, 0) is 10.0 Å². The van der Waals surface area contributed by atoms with E-state index in [1.165, 1.54) is 12.3 Å². The molecule has 2 N–H and O–H groups in total. The molecule has 0 aliphatic heterocycles. The summed E-state index contributed by atoms with van der Waals surface area (Å²) in [6, 6.07) is 3.00. The summed E-state index contributed by atoms with van der Waals surface area (Å²) in [7, 11) is -3.49. The second-order valence-electron chi connectivity index (χ2n) is 5.10. The Bertz CT molecular complexity index is 517. The zero-order valence-corrected chi connectivity index (χ0v) is 13.5. The molecule has 0 aliphatic rings. The van der Waals surface area contributed by atoms with Crippen molar-refractivity contribution < 1.29 is 8.42 Å². The van der Waals surface area contributed by atoms with E-state index in [0.29, 0.717) is 11.7 Å². The Hall–Kier alpha value is -1.14. The minimum atomic E-state index is -3.49. The second-order valence-corrected chi connectivity index (χ2v) is 6.81. The predicted molar refractivity (Wildman–Crippen MR) is 82.3 cm³/mol. The lowest BCUT2D eigenvalue weighted by molar-refractivity contribution is 0.434. The summed E-state index contributed by atoms with van der Waals surface area (Å²) in [5.74, 6) is 0.884. The third kappa shape index (κ3) is 4.76. The number of pyridine rings is 1. The minimum absolute atomic E-state index is 0.0924. The van der Waals surface area contributed by atoms with Gasteiger partial charge >= 0.3 is 0 Å². The van der Waals surface area contributed by atoms with E-state index in [0.717, 1.165) is 19.4 Å². The van der Waals surface area contributed by atoms with Crippen molar-refractivity contribution in [3.8, 4) is 0 Å². The van der Waals surface area contributed by atoms with Gasteiger partial charge in [-0.3, -0.25) is 0 Å². The van der Waals surface area contributed by atoms with Crippen LogP contribution in [0.15, 0.2) is 23.2 Å². The topological polar surface area (TPSA) is 71.1 Å². The molecule has 1 aromatic heterocycles. The Morgan fingerprint density at radius 2 is 2.00 bits per heavy atom. The number of aromatic nitrogens is 1. The summed E-state index contributed by atoms with van der Waals surface area (Å²) in [6.45, 7) is 8.79. The standard InChI is InChI=1S/C14H25N3O2S/c1-5-8-15-14-10-13(7-9-16-14)20(18,19)17-12(4)11(3)6-2/h7,9-12,17H,5-6,8H2,1-4H3,(H,15,16). The van der Waals surface area contributed by atoms with Crippen LogP contribution in [0.4, 0.5) is 5.82 Å². The molecule has 114 valence electrons. The van der Waals surface area contributed by atoms with Crippen molar-refractivity contribution in [2.45, 2.75) is 51.5 Å². The highest BCUT2D eigenvalue weighted by Gasteiger charge is 2.20. The van der Waals surface area contributed by atoms with Gasteiger partial charge in [-0.05, 0) is 25.3 Å². The van der Waals surface area contributed by atoms with Gasteiger partial charge in [0.25, 0.3) is 0 Å². The summed E-state index contributed by atoms with van der Waals surface area (Å²) >= 11 is 0. The smallest absolute Gasteiger partial charge is 0.241 e. The lowest BCUT2D eigenvalue weighted by Crippen LogP contribution is -2.36. The molecule has 5 nitrogen and oxygen atoms in total. The molecule has 0 saturated heterocycles. The Morgan fingerprint density at radius 3 is 2.60 bits per heavy atom. The van der Waals surface area contributed by atoms with Crippen LogP contribution in [0, 0.1) is 5.92 Å². The zero-order valence-electron chi connectivity index (χ0n) is 12.7. The maximum Gasteiger partial charge on any atom is 0.241 e. The van der Waals surface area contributed by atoms with Crippen molar-refractivity contribution in [3.05, 3.63) is 18.3 Å². The Balaban J connectivity index is 2.86. The molecular formula is C14H25N3O2S. The van der Waals surface area contributed by atoms with Crippen molar-refractivity contribution in [2.75, 3.05) is 11.9 Å². The summed E-state index contributed by atoms with van der Waals surface area (Å²) in [4.78, 5) is 4.37. The van der Waals surface area contributed by atoms with Crippen LogP contribution in [0.1, 0.15) is 40.5 Å². The van der Waals surface area contributed by atoms with Crippen molar-refractivity contribution in [1.29, 1.82) is 0 Å². The molecule has 0 aromatic carbocycles. The molecule has 1 aromatic rings. The molecule has 0 amide bonds. The summed E-state index contributed by atoms with van der Waals surface area (Å²) in [5, 5.41) is 3.09. The van der Waals surface area contributed by atoms with Crippen molar-refractivity contribution in [3.63, 3.8) is 0 Å². The van der Waals surface area contributed by atoms with Crippen molar-refractivity contribution in [2.24, 2.45) is 5.92 Å². The largest absolute Gasteiger partial charge is 0.370 e. The van der Waals surface area contributed by atoms with E-state index in [-0.39, 0.29) is 10.9 Å².